The Morgan fingerprint density at radius 2 is 1.94 bits per heavy atom. The standard InChI is InChI=1S/C14H15F2NO/c1-8-4-5-11(15)12(13(8)16)14(17-3)10-6-9(2)18-7-10/h4-7,14,17H,1-3H3. The monoisotopic (exact) mass is 251 g/mol. The zero-order valence-electron chi connectivity index (χ0n) is 10.6. The minimum atomic E-state index is -0.559. The Labute approximate surface area is 105 Å². The number of furan rings is 1. The van der Waals surface area contributed by atoms with E-state index in [-0.39, 0.29) is 5.56 Å². The Morgan fingerprint density at radius 1 is 1.22 bits per heavy atom. The summed E-state index contributed by atoms with van der Waals surface area (Å²) in [5.74, 6) is -0.372. The van der Waals surface area contributed by atoms with Crippen LogP contribution in [0.4, 0.5) is 8.78 Å². The van der Waals surface area contributed by atoms with E-state index in [1.807, 2.05) is 0 Å². The quantitative estimate of drug-likeness (QED) is 0.903. The Balaban J connectivity index is 2.55. The molecule has 0 saturated carbocycles. The molecule has 4 heteroatoms. The van der Waals surface area contributed by atoms with Crippen molar-refractivity contribution >= 4 is 0 Å². The van der Waals surface area contributed by atoms with Gasteiger partial charge < -0.3 is 9.73 Å². The minimum absolute atomic E-state index is 0.0262. The molecule has 0 spiro atoms. The van der Waals surface area contributed by atoms with Crippen molar-refractivity contribution in [3.8, 4) is 0 Å². The summed E-state index contributed by atoms with van der Waals surface area (Å²) in [6, 6.07) is 3.93. The highest BCUT2D eigenvalue weighted by atomic mass is 19.1. The summed E-state index contributed by atoms with van der Waals surface area (Å²) in [6.07, 6.45) is 1.51. The van der Waals surface area contributed by atoms with Crippen molar-refractivity contribution in [1.29, 1.82) is 0 Å². The average molecular weight is 251 g/mol. The van der Waals surface area contributed by atoms with Gasteiger partial charge in [0.2, 0.25) is 0 Å². The molecule has 1 aromatic heterocycles. The average Bonchev–Trinajstić information content (AvgIpc) is 2.76. The Bertz CT molecular complexity index is 563. The van der Waals surface area contributed by atoms with Gasteiger partial charge in [0.05, 0.1) is 12.3 Å². The number of aryl methyl sites for hydroxylation is 2. The van der Waals surface area contributed by atoms with Crippen molar-refractivity contribution in [2.45, 2.75) is 19.9 Å². The summed E-state index contributed by atoms with van der Waals surface area (Å²) in [7, 11) is 1.66. The van der Waals surface area contributed by atoms with Crippen LogP contribution in [-0.2, 0) is 0 Å². The second-order valence-electron chi connectivity index (χ2n) is 4.30. The summed E-state index contributed by atoms with van der Waals surface area (Å²) in [5, 5.41) is 2.92. The fourth-order valence-corrected chi connectivity index (χ4v) is 2.04. The molecule has 96 valence electrons. The Hall–Kier alpha value is -1.68. The molecular formula is C14H15F2NO. The number of hydrogen-bond donors (Lipinski definition) is 1. The number of benzene rings is 1. The van der Waals surface area contributed by atoms with Crippen molar-refractivity contribution in [3.63, 3.8) is 0 Å². The maximum Gasteiger partial charge on any atom is 0.134 e. The number of halogens is 2. The Kier molecular flexibility index (Phi) is 3.48. The lowest BCUT2D eigenvalue weighted by atomic mass is 9.98. The van der Waals surface area contributed by atoms with E-state index in [4.69, 9.17) is 4.42 Å². The first kappa shape index (κ1) is 12.8. The van der Waals surface area contributed by atoms with Crippen LogP contribution in [0.3, 0.4) is 0 Å². The summed E-state index contributed by atoms with van der Waals surface area (Å²) in [5.41, 5.74) is 1.16. The molecule has 2 rings (SSSR count). The molecule has 0 aliphatic carbocycles. The molecule has 0 bridgehead atoms. The van der Waals surface area contributed by atoms with E-state index in [0.717, 1.165) is 0 Å². The van der Waals surface area contributed by atoms with Crippen LogP contribution in [0, 0.1) is 25.5 Å². The number of rotatable bonds is 3. The largest absolute Gasteiger partial charge is 0.469 e. The normalized spacial score (nSPS) is 12.7. The van der Waals surface area contributed by atoms with Crippen molar-refractivity contribution < 1.29 is 13.2 Å². The molecule has 18 heavy (non-hydrogen) atoms. The molecule has 0 amide bonds. The molecule has 1 atom stereocenters. The molecule has 1 unspecified atom stereocenters. The molecule has 2 aromatic rings. The van der Waals surface area contributed by atoms with E-state index in [1.54, 1.807) is 27.0 Å². The van der Waals surface area contributed by atoms with Crippen molar-refractivity contribution in [2.75, 3.05) is 7.05 Å². The fourth-order valence-electron chi connectivity index (χ4n) is 2.04. The first-order valence-corrected chi connectivity index (χ1v) is 5.71. The first-order valence-electron chi connectivity index (χ1n) is 5.71. The molecule has 1 aromatic carbocycles. The van der Waals surface area contributed by atoms with Crippen LogP contribution < -0.4 is 5.32 Å². The molecule has 0 aliphatic rings. The molecule has 0 aliphatic heterocycles. The lowest BCUT2D eigenvalue weighted by Gasteiger charge is -2.17. The highest BCUT2D eigenvalue weighted by Gasteiger charge is 2.23. The number of nitrogens with one attached hydrogen (secondary N) is 1. The van der Waals surface area contributed by atoms with Gasteiger partial charge in [-0.2, -0.15) is 0 Å². The summed E-state index contributed by atoms with van der Waals surface area (Å²) in [6.45, 7) is 3.41. The van der Waals surface area contributed by atoms with Crippen LogP contribution in [0.25, 0.3) is 0 Å². The first-order chi connectivity index (χ1) is 8.54. The van der Waals surface area contributed by atoms with Crippen molar-refractivity contribution in [3.05, 3.63) is 58.5 Å². The maximum absolute atomic E-state index is 14.1. The van der Waals surface area contributed by atoms with Gasteiger partial charge in [0.15, 0.2) is 0 Å². The predicted molar refractivity (Wildman–Crippen MR) is 65.4 cm³/mol. The smallest absolute Gasteiger partial charge is 0.134 e. The van der Waals surface area contributed by atoms with Gasteiger partial charge in [-0.15, -0.1) is 0 Å². The van der Waals surface area contributed by atoms with Crippen molar-refractivity contribution in [2.24, 2.45) is 0 Å². The lowest BCUT2D eigenvalue weighted by molar-refractivity contribution is 0.507. The van der Waals surface area contributed by atoms with Gasteiger partial charge in [-0.1, -0.05) is 6.07 Å². The molecular weight excluding hydrogens is 236 g/mol. The van der Waals surface area contributed by atoms with E-state index in [1.165, 1.54) is 18.4 Å². The van der Waals surface area contributed by atoms with Crippen molar-refractivity contribution in [1.82, 2.24) is 5.32 Å². The van der Waals surface area contributed by atoms with E-state index >= 15 is 0 Å². The van der Waals surface area contributed by atoms with Gasteiger partial charge in [-0.25, -0.2) is 8.78 Å². The topological polar surface area (TPSA) is 25.2 Å². The molecule has 1 heterocycles. The van der Waals surface area contributed by atoms with Gasteiger partial charge in [-0.3, -0.25) is 0 Å². The van der Waals surface area contributed by atoms with Gasteiger partial charge >= 0.3 is 0 Å². The van der Waals surface area contributed by atoms with Gasteiger partial charge in [0, 0.05) is 11.1 Å². The summed E-state index contributed by atoms with van der Waals surface area (Å²) in [4.78, 5) is 0. The van der Waals surface area contributed by atoms with Crippen LogP contribution >= 0.6 is 0 Å². The van der Waals surface area contributed by atoms with Gasteiger partial charge in [-0.05, 0) is 38.6 Å². The van der Waals surface area contributed by atoms with Crippen LogP contribution in [0.5, 0.6) is 0 Å². The predicted octanol–water partition coefficient (Wildman–Crippen LogP) is 3.48. The third-order valence-electron chi connectivity index (χ3n) is 2.98. The second kappa shape index (κ2) is 4.90. The molecule has 0 fully saturated rings. The van der Waals surface area contributed by atoms with Crippen LogP contribution in [0.15, 0.2) is 28.9 Å². The van der Waals surface area contributed by atoms with Crippen LogP contribution in [0.2, 0.25) is 0 Å². The van der Waals surface area contributed by atoms with E-state index < -0.39 is 17.7 Å². The highest BCUT2D eigenvalue weighted by Crippen LogP contribution is 2.29. The highest BCUT2D eigenvalue weighted by molar-refractivity contribution is 5.35. The zero-order valence-corrected chi connectivity index (χ0v) is 10.6. The Morgan fingerprint density at radius 3 is 2.50 bits per heavy atom. The van der Waals surface area contributed by atoms with Gasteiger partial charge in [0.25, 0.3) is 0 Å². The fraction of sp³-hybridized carbons (Fsp3) is 0.286. The summed E-state index contributed by atoms with van der Waals surface area (Å²) < 4.78 is 33.1. The molecule has 1 N–H and O–H groups in total. The molecule has 0 radical (unpaired) electrons. The second-order valence-corrected chi connectivity index (χ2v) is 4.30. The zero-order chi connectivity index (χ0) is 13.3. The third-order valence-corrected chi connectivity index (χ3v) is 2.98. The van der Waals surface area contributed by atoms with E-state index in [2.05, 4.69) is 5.32 Å². The summed E-state index contributed by atoms with van der Waals surface area (Å²) >= 11 is 0. The van der Waals surface area contributed by atoms with E-state index in [9.17, 15) is 8.78 Å². The van der Waals surface area contributed by atoms with Gasteiger partial charge in [0.1, 0.15) is 17.4 Å². The van der Waals surface area contributed by atoms with Crippen LogP contribution in [-0.4, -0.2) is 7.05 Å². The van der Waals surface area contributed by atoms with Crippen LogP contribution in [0.1, 0.15) is 28.5 Å². The third kappa shape index (κ3) is 2.16. The SMILES string of the molecule is CNC(c1coc(C)c1)c1c(F)ccc(C)c1F. The number of hydrogen-bond acceptors (Lipinski definition) is 2. The van der Waals surface area contributed by atoms with E-state index in [0.29, 0.717) is 16.9 Å². The molecule has 0 saturated heterocycles. The molecule has 2 nitrogen and oxygen atoms in total. The lowest BCUT2D eigenvalue weighted by Crippen LogP contribution is -2.20. The maximum atomic E-state index is 14.1. The minimum Gasteiger partial charge on any atom is -0.469 e.